The number of carbonyl (C=O) groups excluding carboxylic acids is 2. The number of methoxy groups -OCH3 is 2. The SMILES string of the molecule is COc1ccc(OC)c(CCN(C(=O)C2CCCC2)[C@@H]2CC(C(=O)NCCO)=C[C@H](Oc3ccccc3I)[C@H]2O)c1. The number of nitrogens with zero attached hydrogens (tertiary/aromatic N) is 1. The molecule has 3 N–H and O–H groups in total. The van der Waals surface area contributed by atoms with Crippen molar-refractivity contribution in [2.24, 2.45) is 5.92 Å². The highest BCUT2D eigenvalue weighted by atomic mass is 127. The summed E-state index contributed by atoms with van der Waals surface area (Å²) >= 11 is 2.17. The van der Waals surface area contributed by atoms with Crippen LogP contribution in [0.5, 0.6) is 17.2 Å². The van der Waals surface area contributed by atoms with Crippen molar-refractivity contribution in [3.63, 3.8) is 0 Å². The zero-order valence-corrected chi connectivity index (χ0v) is 25.7. The van der Waals surface area contributed by atoms with Gasteiger partial charge in [0.2, 0.25) is 11.8 Å². The average molecular weight is 679 g/mol. The first-order chi connectivity index (χ1) is 19.9. The molecule has 3 atom stereocenters. The molecule has 1 saturated carbocycles. The second-order valence-corrected chi connectivity index (χ2v) is 11.5. The molecule has 4 rings (SSSR count). The predicted octanol–water partition coefficient (Wildman–Crippen LogP) is 3.49. The van der Waals surface area contributed by atoms with Crippen molar-refractivity contribution in [1.82, 2.24) is 10.2 Å². The molecule has 0 saturated heterocycles. The van der Waals surface area contributed by atoms with Crippen LogP contribution in [0.3, 0.4) is 0 Å². The molecule has 2 amide bonds. The van der Waals surface area contributed by atoms with Crippen LogP contribution in [0.2, 0.25) is 0 Å². The van der Waals surface area contributed by atoms with E-state index in [1.165, 1.54) is 0 Å². The summed E-state index contributed by atoms with van der Waals surface area (Å²) in [6.45, 7) is 0.232. The van der Waals surface area contributed by atoms with Gasteiger partial charge in [-0.1, -0.05) is 25.0 Å². The second-order valence-electron chi connectivity index (χ2n) is 10.4. The number of halogens is 1. The Bertz CT molecular complexity index is 1230. The number of ether oxygens (including phenoxy) is 3. The topological polar surface area (TPSA) is 118 Å². The maximum Gasteiger partial charge on any atom is 0.247 e. The molecule has 0 heterocycles. The van der Waals surface area contributed by atoms with Crippen molar-refractivity contribution in [2.75, 3.05) is 33.9 Å². The molecule has 0 aromatic heterocycles. The van der Waals surface area contributed by atoms with E-state index >= 15 is 0 Å². The first-order valence-electron chi connectivity index (χ1n) is 14.1. The van der Waals surface area contributed by atoms with Gasteiger partial charge in [0, 0.05) is 31.0 Å². The summed E-state index contributed by atoms with van der Waals surface area (Å²) in [5.74, 6) is 1.46. The fourth-order valence-corrected chi connectivity index (χ4v) is 6.15. The van der Waals surface area contributed by atoms with Crippen LogP contribution in [-0.4, -0.2) is 79.1 Å². The van der Waals surface area contributed by atoms with E-state index in [4.69, 9.17) is 14.2 Å². The fraction of sp³-hybridized carbons (Fsp3) is 0.484. The van der Waals surface area contributed by atoms with E-state index in [0.29, 0.717) is 35.8 Å². The van der Waals surface area contributed by atoms with Crippen LogP contribution in [0.25, 0.3) is 0 Å². The lowest BCUT2D eigenvalue weighted by molar-refractivity contribution is -0.142. The summed E-state index contributed by atoms with van der Waals surface area (Å²) in [5.41, 5.74) is 1.29. The van der Waals surface area contributed by atoms with E-state index in [2.05, 4.69) is 27.9 Å². The maximum absolute atomic E-state index is 14.0. The van der Waals surface area contributed by atoms with Crippen molar-refractivity contribution in [3.05, 3.63) is 63.2 Å². The van der Waals surface area contributed by atoms with Crippen molar-refractivity contribution < 1.29 is 34.0 Å². The van der Waals surface area contributed by atoms with Crippen molar-refractivity contribution >= 4 is 34.4 Å². The summed E-state index contributed by atoms with van der Waals surface area (Å²) in [7, 11) is 3.20. The van der Waals surface area contributed by atoms with Gasteiger partial charge in [-0.05, 0) is 83.8 Å². The molecular weight excluding hydrogens is 639 g/mol. The number of hydrogen-bond donors (Lipinski definition) is 3. The lowest BCUT2D eigenvalue weighted by Gasteiger charge is -2.41. The molecule has 2 aromatic rings. The molecule has 2 aliphatic rings. The third-order valence-corrected chi connectivity index (χ3v) is 8.70. The molecule has 2 aliphatic carbocycles. The molecule has 10 heteroatoms. The molecule has 1 fully saturated rings. The number of para-hydroxylation sites is 1. The van der Waals surface area contributed by atoms with Gasteiger partial charge in [-0.25, -0.2) is 0 Å². The van der Waals surface area contributed by atoms with Crippen LogP contribution >= 0.6 is 22.6 Å². The number of aliphatic hydroxyl groups excluding tert-OH is 2. The first-order valence-corrected chi connectivity index (χ1v) is 15.1. The summed E-state index contributed by atoms with van der Waals surface area (Å²) in [5, 5.41) is 23.7. The third-order valence-electron chi connectivity index (χ3n) is 7.81. The van der Waals surface area contributed by atoms with Gasteiger partial charge in [-0.3, -0.25) is 9.59 Å². The van der Waals surface area contributed by atoms with Crippen LogP contribution in [0.1, 0.15) is 37.7 Å². The highest BCUT2D eigenvalue weighted by Crippen LogP contribution is 2.34. The molecule has 222 valence electrons. The van der Waals surface area contributed by atoms with Gasteiger partial charge < -0.3 is 34.6 Å². The highest BCUT2D eigenvalue weighted by molar-refractivity contribution is 14.1. The number of carbonyl (C=O) groups is 2. The van der Waals surface area contributed by atoms with E-state index in [1.807, 2.05) is 42.5 Å². The number of amides is 2. The molecular formula is C31H39IN2O7. The molecule has 0 bridgehead atoms. The number of aliphatic hydroxyl groups is 2. The Hall–Kier alpha value is -2.83. The Labute approximate surface area is 255 Å². The zero-order valence-electron chi connectivity index (χ0n) is 23.6. The largest absolute Gasteiger partial charge is 0.497 e. The fourth-order valence-electron chi connectivity index (χ4n) is 5.63. The summed E-state index contributed by atoms with van der Waals surface area (Å²) in [4.78, 5) is 28.9. The number of nitrogens with one attached hydrogen (secondary N) is 1. The van der Waals surface area contributed by atoms with Crippen molar-refractivity contribution in [2.45, 2.75) is 56.8 Å². The van der Waals surface area contributed by atoms with Gasteiger partial charge in [0.1, 0.15) is 29.5 Å². The minimum Gasteiger partial charge on any atom is -0.497 e. The minimum atomic E-state index is -1.07. The van der Waals surface area contributed by atoms with Gasteiger partial charge in [0.25, 0.3) is 0 Å². The van der Waals surface area contributed by atoms with E-state index < -0.39 is 18.2 Å². The molecule has 41 heavy (non-hydrogen) atoms. The quantitative estimate of drug-likeness (QED) is 0.295. The lowest BCUT2D eigenvalue weighted by atomic mass is 9.87. The summed E-state index contributed by atoms with van der Waals surface area (Å²) in [6.07, 6.45) is 3.95. The second kappa shape index (κ2) is 14.9. The van der Waals surface area contributed by atoms with Gasteiger partial charge in [0.05, 0.1) is 30.4 Å². The smallest absolute Gasteiger partial charge is 0.247 e. The molecule has 0 spiro atoms. The monoisotopic (exact) mass is 678 g/mol. The van der Waals surface area contributed by atoms with E-state index in [0.717, 1.165) is 34.8 Å². The zero-order chi connectivity index (χ0) is 29.4. The summed E-state index contributed by atoms with van der Waals surface area (Å²) < 4.78 is 18.1. The Morgan fingerprint density at radius 3 is 2.51 bits per heavy atom. The van der Waals surface area contributed by atoms with E-state index in [1.54, 1.807) is 25.2 Å². The van der Waals surface area contributed by atoms with Crippen LogP contribution in [0.4, 0.5) is 0 Å². The van der Waals surface area contributed by atoms with Gasteiger partial charge in [-0.15, -0.1) is 0 Å². The van der Waals surface area contributed by atoms with Gasteiger partial charge in [0.15, 0.2) is 0 Å². The molecule has 9 nitrogen and oxygen atoms in total. The predicted molar refractivity (Wildman–Crippen MR) is 163 cm³/mol. The van der Waals surface area contributed by atoms with Crippen LogP contribution in [0, 0.1) is 9.49 Å². The Morgan fingerprint density at radius 2 is 1.83 bits per heavy atom. The van der Waals surface area contributed by atoms with Crippen molar-refractivity contribution in [1.29, 1.82) is 0 Å². The number of benzene rings is 2. The lowest BCUT2D eigenvalue weighted by Crippen LogP contribution is -2.56. The maximum atomic E-state index is 14.0. The van der Waals surface area contributed by atoms with Crippen molar-refractivity contribution in [3.8, 4) is 17.2 Å². The molecule has 2 aromatic carbocycles. The number of rotatable bonds is 12. The highest BCUT2D eigenvalue weighted by Gasteiger charge is 2.42. The molecule has 0 radical (unpaired) electrons. The number of hydrogen-bond acceptors (Lipinski definition) is 7. The van der Waals surface area contributed by atoms with E-state index in [-0.39, 0.29) is 37.3 Å². The van der Waals surface area contributed by atoms with Gasteiger partial charge >= 0.3 is 0 Å². The van der Waals surface area contributed by atoms with Crippen LogP contribution < -0.4 is 19.5 Å². The van der Waals surface area contributed by atoms with Gasteiger partial charge in [-0.2, -0.15) is 0 Å². The molecule has 0 unspecified atom stereocenters. The van der Waals surface area contributed by atoms with E-state index in [9.17, 15) is 19.8 Å². The molecule has 0 aliphatic heterocycles. The Kier molecular flexibility index (Phi) is 11.3. The standard InChI is InChI=1S/C31H39IN2O7/c1-39-23-11-12-26(40-2)21(17-23)13-15-34(31(38)20-7-3-4-8-20)25-18-22(30(37)33-14-16-35)19-28(29(25)36)41-27-10-6-5-9-24(27)32/h5-6,9-12,17,19-20,25,28-29,35-36H,3-4,7-8,13-16,18H2,1-2H3,(H,33,37)/t25-,28+,29+/m1/s1. The van der Waals surface area contributed by atoms with Crippen LogP contribution in [-0.2, 0) is 16.0 Å². The summed E-state index contributed by atoms with van der Waals surface area (Å²) in [6, 6.07) is 12.3. The first kappa shape index (κ1) is 31.1. The Balaban J connectivity index is 1.67. The van der Waals surface area contributed by atoms with Crippen LogP contribution in [0.15, 0.2) is 54.1 Å². The Morgan fingerprint density at radius 1 is 1.07 bits per heavy atom. The normalized spacial score (nSPS) is 20.7. The third kappa shape index (κ3) is 7.72. The average Bonchev–Trinajstić information content (AvgIpc) is 3.53. The minimum absolute atomic E-state index is 0.0153.